The molecule has 0 saturated heterocycles. The van der Waals surface area contributed by atoms with E-state index in [9.17, 15) is 0 Å². The first kappa shape index (κ1) is 16.3. The van der Waals surface area contributed by atoms with E-state index >= 15 is 0 Å². The van der Waals surface area contributed by atoms with Crippen molar-refractivity contribution in [2.75, 3.05) is 5.32 Å². The van der Waals surface area contributed by atoms with Crippen LogP contribution in [0.5, 0.6) is 0 Å². The van der Waals surface area contributed by atoms with Gasteiger partial charge in [0, 0.05) is 22.0 Å². The number of aromatic nitrogens is 2. The summed E-state index contributed by atoms with van der Waals surface area (Å²) >= 11 is 0. The summed E-state index contributed by atoms with van der Waals surface area (Å²) in [6.45, 7) is 0. The Balaban J connectivity index is 1.49. The van der Waals surface area contributed by atoms with Crippen LogP contribution in [0.25, 0.3) is 34.1 Å². The molecule has 0 fully saturated rings. The van der Waals surface area contributed by atoms with E-state index in [4.69, 9.17) is 4.98 Å². The van der Waals surface area contributed by atoms with E-state index in [1.54, 1.807) is 0 Å². The van der Waals surface area contributed by atoms with Gasteiger partial charge in [0.1, 0.15) is 11.5 Å². The highest BCUT2D eigenvalue weighted by Gasteiger charge is 2.07. The molecule has 2 aromatic heterocycles. The molecule has 0 spiro atoms. The number of anilines is 2. The summed E-state index contributed by atoms with van der Waals surface area (Å²) < 4.78 is 0. The molecule has 0 amide bonds. The first-order valence-corrected chi connectivity index (χ1v) is 9.33. The standard InChI is InChI=1S/C25H19N3/c1-3-7-18(8-4-1)11-12-19-13-15-23-22(17-19)21-14-16-24(28-25(21)27-23)26-20-9-5-2-6-10-20/h1-17H,(H2,26,27,28). The van der Waals surface area contributed by atoms with Crippen LogP contribution < -0.4 is 5.32 Å². The third-order valence-electron chi connectivity index (χ3n) is 4.80. The fraction of sp³-hybridized carbons (Fsp3) is 0. The fourth-order valence-electron chi connectivity index (χ4n) is 3.39. The minimum absolute atomic E-state index is 0.828. The molecular weight excluding hydrogens is 342 g/mol. The van der Waals surface area contributed by atoms with Gasteiger partial charge in [0.05, 0.1) is 0 Å². The summed E-state index contributed by atoms with van der Waals surface area (Å²) in [4.78, 5) is 8.18. The zero-order valence-corrected chi connectivity index (χ0v) is 15.3. The molecule has 3 heteroatoms. The van der Waals surface area contributed by atoms with Crippen molar-refractivity contribution < 1.29 is 0 Å². The normalized spacial score (nSPS) is 11.4. The molecule has 3 aromatic carbocycles. The predicted molar refractivity (Wildman–Crippen MR) is 119 cm³/mol. The van der Waals surface area contributed by atoms with Gasteiger partial charge in [-0.25, -0.2) is 4.98 Å². The lowest BCUT2D eigenvalue weighted by atomic mass is 10.1. The Morgan fingerprint density at radius 3 is 2.25 bits per heavy atom. The van der Waals surface area contributed by atoms with Gasteiger partial charge in [-0.1, -0.05) is 66.7 Å². The molecule has 0 aliphatic rings. The molecule has 0 bridgehead atoms. The quantitative estimate of drug-likeness (QED) is 0.353. The van der Waals surface area contributed by atoms with Crippen LogP contribution in [0, 0.1) is 0 Å². The van der Waals surface area contributed by atoms with Gasteiger partial charge >= 0.3 is 0 Å². The third-order valence-corrected chi connectivity index (χ3v) is 4.80. The minimum Gasteiger partial charge on any atom is -0.340 e. The van der Waals surface area contributed by atoms with Crippen LogP contribution >= 0.6 is 0 Å². The molecule has 3 nitrogen and oxygen atoms in total. The number of pyridine rings is 1. The molecular formula is C25H19N3. The first-order valence-electron chi connectivity index (χ1n) is 9.33. The van der Waals surface area contributed by atoms with Gasteiger partial charge in [0.2, 0.25) is 0 Å². The Morgan fingerprint density at radius 1 is 0.679 bits per heavy atom. The summed E-state index contributed by atoms with van der Waals surface area (Å²) in [5.41, 5.74) is 5.37. The number of rotatable bonds is 4. The summed E-state index contributed by atoms with van der Waals surface area (Å²) in [6, 6.07) is 31.0. The van der Waals surface area contributed by atoms with Crippen LogP contribution in [0.4, 0.5) is 11.5 Å². The summed E-state index contributed by atoms with van der Waals surface area (Å²) in [6.07, 6.45) is 4.28. The van der Waals surface area contributed by atoms with Crippen LogP contribution in [-0.2, 0) is 0 Å². The highest BCUT2D eigenvalue weighted by atomic mass is 15.0. The van der Waals surface area contributed by atoms with E-state index in [0.29, 0.717) is 0 Å². The first-order chi connectivity index (χ1) is 13.8. The fourth-order valence-corrected chi connectivity index (χ4v) is 3.39. The van der Waals surface area contributed by atoms with Crippen LogP contribution in [-0.4, -0.2) is 9.97 Å². The van der Waals surface area contributed by atoms with Gasteiger partial charge in [-0.05, 0) is 47.5 Å². The monoisotopic (exact) mass is 361 g/mol. The highest BCUT2D eigenvalue weighted by Crippen LogP contribution is 2.27. The van der Waals surface area contributed by atoms with Crippen LogP contribution in [0.3, 0.4) is 0 Å². The number of para-hydroxylation sites is 1. The van der Waals surface area contributed by atoms with E-state index in [2.05, 4.69) is 71.0 Å². The molecule has 0 saturated carbocycles. The SMILES string of the molecule is C(=Cc1ccc2[nH]c3nc(Nc4ccccc4)ccc3c2c1)c1ccccc1. The van der Waals surface area contributed by atoms with Crippen molar-refractivity contribution in [3.8, 4) is 0 Å². The average Bonchev–Trinajstić information content (AvgIpc) is 3.11. The van der Waals surface area contributed by atoms with Gasteiger partial charge < -0.3 is 10.3 Å². The number of nitrogens with zero attached hydrogens (tertiary/aromatic N) is 1. The molecule has 134 valence electrons. The van der Waals surface area contributed by atoms with E-state index in [0.717, 1.165) is 28.1 Å². The number of H-pyrrole nitrogens is 1. The molecule has 5 rings (SSSR count). The van der Waals surface area contributed by atoms with E-state index in [-0.39, 0.29) is 0 Å². The highest BCUT2D eigenvalue weighted by molar-refractivity contribution is 6.07. The van der Waals surface area contributed by atoms with E-state index in [1.165, 1.54) is 16.5 Å². The second-order valence-electron chi connectivity index (χ2n) is 6.76. The van der Waals surface area contributed by atoms with Gasteiger partial charge in [0.25, 0.3) is 0 Å². The Morgan fingerprint density at radius 2 is 1.43 bits per heavy atom. The Bertz CT molecular complexity index is 1270. The average molecular weight is 361 g/mol. The molecule has 2 heterocycles. The minimum atomic E-state index is 0.828. The molecule has 5 aromatic rings. The molecule has 0 aliphatic heterocycles. The second-order valence-corrected chi connectivity index (χ2v) is 6.76. The van der Waals surface area contributed by atoms with Crippen molar-refractivity contribution in [1.82, 2.24) is 9.97 Å². The van der Waals surface area contributed by atoms with Crippen molar-refractivity contribution >= 4 is 45.6 Å². The number of nitrogens with one attached hydrogen (secondary N) is 2. The largest absolute Gasteiger partial charge is 0.340 e. The van der Waals surface area contributed by atoms with Gasteiger partial charge in [-0.3, -0.25) is 0 Å². The predicted octanol–water partition coefficient (Wildman–Crippen LogP) is 6.63. The maximum Gasteiger partial charge on any atom is 0.140 e. The van der Waals surface area contributed by atoms with Crippen molar-refractivity contribution in [3.63, 3.8) is 0 Å². The molecule has 0 atom stereocenters. The summed E-state index contributed by atoms with van der Waals surface area (Å²) in [5, 5.41) is 5.66. The zero-order chi connectivity index (χ0) is 18.8. The lowest BCUT2D eigenvalue weighted by Gasteiger charge is -2.04. The maximum atomic E-state index is 4.75. The number of aromatic amines is 1. The van der Waals surface area contributed by atoms with Gasteiger partial charge in [0.15, 0.2) is 0 Å². The summed E-state index contributed by atoms with van der Waals surface area (Å²) in [7, 11) is 0. The van der Waals surface area contributed by atoms with Gasteiger partial charge in [-0.15, -0.1) is 0 Å². The van der Waals surface area contributed by atoms with Crippen LogP contribution in [0.15, 0.2) is 91.0 Å². The van der Waals surface area contributed by atoms with E-state index in [1.807, 2.05) is 42.5 Å². The third kappa shape index (κ3) is 3.26. The zero-order valence-electron chi connectivity index (χ0n) is 15.3. The van der Waals surface area contributed by atoms with Crippen molar-refractivity contribution in [2.45, 2.75) is 0 Å². The second kappa shape index (κ2) is 7.05. The smallest absolute Gasteiger partial charge is 0.140 e. The molecule has 0 aliphatic carbocycles. The number of fused-ring (bicyclic) bond motifs is 3. The summed E-state index contributed by atoms with van der Waals surface area (Å²) in [5.74, 6) is 0.828. The molecule has 28 heavy (non-hydrogen) atoms. The Hall–Kier alpha value is -3.85. The molecule has 0 radical (unpaired) electrons. The van der Waals surface area contributed by atoms with Crippen LogP contribution in [0.2, 0.25) is 0 Å². The van der Waals surface area contributed by atoms with Crippen molar-refractivity contribution in [2.24, 2.45) is 0 Å². The molecule has 2 N–H and O–H groups in total. The van der Waals surface area contributed by atoms with Gasteiger partial charge in [-0.2, -0.15) is 0 Å². The van der Waals surface area contributed by atoms with E-state index < -0.39 is 0 Å². The number of benzene rings is 3. The number of hydrogen-bond acceptors (Lipinski definition) is 2. The van der Waals surface area contributed by atoms with Crippen molar-refractivity contribution in [3.05, 3.63) is 102 Å². The van der Waals surface area contributed by atoms with Crippen molar-refractivity contribution in [1.29, 1.82) is 0 Å². The topological polar surface area (TPSA) is 40.7 Å². The maximum absolute atomic E-state index is 4.75. The lowest BCUT2D eigenvalue weighted by molar-refractivity contribution is 1.33. The molecule has 0 unspecified atom stereocenters. The Labute approximate surface area is 163 Å². The Kier molecular flexibility index (Phi) is 4.11. The van der Waals surface area contributed by atoms with Crippen LogP contribution in [0.1, 0.15) is 11.1 Å². The lowest BCUT2D eigenvalue weighted by Crippen LogP contribution is -1.92. The number of hydrogen-bond donors (Lipinski definition) is 2.